The SMILES string of the molecule is CC1CC(n2c(N)nc3cccc(Cl)c32)C1. The molecular weight excluding hydrogens is 222 g/mol. The lowest BCUT2D eigenvalue weighted by Gasteiger charge is -2.34. The number of nitrogens with two attached hydrogens (primary N) is 1. The van der Waals surface area contributed by atoms with Gasteiger partial charge in [0.25, 0.3) is 0 Å². The average Bonchev–Trinajstić information content (AvgIpc) is 2.51. The van der Waals surface area contributed by atoms with Crippen molar-refractivity contribution >= 4 is 28.6 Å². The van der Waals surface area contributed by atoms with Gasteiger partial charge in [-0.1, -0.05) is 24.6 Å². The predicted molar refractivity (Wildman–Crippen MR) is 66.6 cm³/mol. The number of anilines is 1. The van der Waals surface area contributed by atoms with Gasteiger partial charge in [-0.25, -0.2) is 4.98 Å². The van der Waals surface area contributed by atoms with Crippen LogP contribution in [-0.4, -0.2) is 9.55 Å². The minimum absolute atomic E-state index is 0.472. The summed E-state index contributed by atoms with van der Waals surface area (Å²) in [5.41, 5.74) is 7.85. The Hall–Kier alpha value is -1.22. The van der Waals surface area contributed by atoms with Gasteiger partial charge in [-0.2, -0.15) is 0 Å². The molecule has 0 saturated heterocycles. The van der Waals surface area contributed by atoms with Crippen molar-refractivity contribution in [1.82, 2.24) is 9.55 Å². The van der Waals surface area contributed by atoms with Crippen LogP contribution in [0.2, 0.25) is 5.02 Å². The second-order valence-electron chi connectivity index (χ2n) is 4.68. The number of para-hydroxylation sites is 1. The molecule has 0 aliphatic heterocycles. The Morgan fingerprint density at radius 1 is 1.44 bits per heavy atom. The van der Waals surface area contributed by atoms with Crippen molar-refractivity contribution in [1.29, 1.82) is 0 Å². The number of benzene rings is 1. The molecule has 1 aromatic carbocycles. The summed E-state index contributed by atoms with van der Waals surface area (Å²) >= 11 is 6.22. The summed E-state index contributed by atoms with van der Waals surface area (Å²) < 4.78 is 2.09. The predicted octanol–water partition coefficient (Wildman–Crippen LogP) is 3.24. The highest BCUT2D eigenvalue weighted by Gasteiger charge is 2.30. The maximum absolute atomic E-state index is 6.22. The third-order valence-corrected chi connectivity index (χ3v) is 3.71. The zero-order valence-electron chi connectivity index (χ0n) is 9.15. The van der Waals surface area contributed by atoms with Gasteiger partial charge >= 0.3 is 0 Å². The summed E-state index contributed by atoms with van der Waals surface area (Å²) in [7, 11) is 0. The van der Waals surface area contributed by atoms with E-state index in [1.165, 1.54) is 12.8 Å². The highest BCUT2D eigenvalue weighted by molar-refractivity contribution is 6.35. The van der Waals surface area contributed by atoms with Gasteiger partial charge in [0, 0.05) is 6.04 Å². The van der Waals surface area contributed by atoms with Crippen LogP contribution in [0.25, 0.3) is 11.0 Å². The molecule has 0 radical (unpaired) electrons. The Labute approximate surface area is 99.2 Å². The summed E-state index contributed by atoms with van der Waals surface area (Å²) in [4.78, 5) is 4.36. The van der Waals surface area contributed by atoms with Crippen LogP contribution in [0.15, 0.2) is 18.2 Å². The third-order valence-electron chi connectivity index (χ3n) is 3.40. The molecule has 0 bridgehead atoms. The van der Waals surface area contributed by atoms with E-state index in [-0.39, 0.29) is 0 Å². The smallest absolute Gasteiger partial charge is 0.201 e. The van der Waals surface area contributed by atoms with Crippen molar-refractivity contribution < 1.29 is 0 Å². The van der Waals surface area contributed by atoms with Crippen LogP contribution in [0.4, 0.5) is 5.95 Å². The maximum atomic E-state index is 6.22. The van der Waals surface area contributed by atoms with Crippen LogP contribution >= 0.6 is 11.6 Å². The molecule has 1 aromatic heterocycles. The van der Waals surface area contributed by atoms with Crippen LogP contribution < -0.4 is 5.73 Å². The number of fused-ring (bicyclic) bond motifs is 1. The number of nitrogen functional groups attached to an aromatic ring is 1. The van der Waals surface area contributed by atoms with Crippen molar-refractivity contribution in [2.24, 2.45) is 5.92 Å². The topological polar surface area (TPSA) is 43.8 Å². The zero-order valence-corrected chi connectivity index (χ0v) is 9.91. The van der Waals surface area contributed by atoms with E-state index in [2.05, 4.69) is 16.5 Å². The lowest BCUT2D eigenvalue weighted by Crippen LogP contribution is -2.25. The number of aromatic nitrogens is 2. The minimum Gasteiger partial charge on any atom is -0.369 e. The summed E-state index contributed by atoms with van der Waals surface area (Å²) in [5.74, 6) is 1.37. The second kappa shape index (κ2) is 3.39. The summed E-state index contributed by atoms with van der Waals surface area (Å²) in [5, 5.41) is 0.737. The highest BCUT2D eigenvalue weighted by atomic mass is 35.5. The van der Waals surface area contributed by atoms with Gasteiger partial charge in [0.2, 0.25) is 5.95 Å². The van der Waals surface area contributed by atoms with Gasteiger partial charge in [-0.3, -0.25) is 0 Å². The average molecular weight is 236 g/mol. The number of hydrogen-bond acceptors (Lipinski definition) is 2. The van der Waals surface area contributed by atoms with E-state index in [1.54, 1.807) is 0 Å². The van der Waals surface area contributed by atoms with Crippen LogP contribution in [0.5, 0.6) is 0 Å². The van der Waals surface area contributed by atoms with E-state index in [0.29, 0.717) is 12.0 Å². The first-order chi connectivity index (χ1) is 7.66. The molecular formula is C12H14ClN3. The first-order valence-corrected chi connectivity index (χ1v) is 5.96. The molecule has 2 N–H and O–H groups in total. The summed E-state index contributed by atoms with van der Waals surface area (Å²) in [6.07, 6.45) is 2.34. The molecule has 1 aliphatic carbocycles. The normalized spacial score (nSPS) is 24.6. The van der Waals surface area contributed by atoms with Crippen LogP contribution in [0, 0.1) is 5.92 Å². The lowest BCUT2D eigenvalue weighted by molar-refractivity contribution is 0.223. The van der Waals surface area contributed by atoms with Crippen molar-refractivity contribution in [3.8, 4) is 0 Å². The molecule has 1 heterocycles. The molecule has 3 nitrogen and oxygen atoms in total. The van der Waals surface area contributed by atoms with E-state index in [0.717, 1.165) is 22.0 Å². The van der Waals surface area contributed by atoms with Gasteiger partial charge in [0.05, 0.1) is 16.1 Å². The summed E-state index contributed by atoms with van der Waals surface area (Å²) in [6.45, 7) is 2.26. The Kier molecular flexibility index (Phi) is 2.11. The fraction of sp³-hybridized carbons (Fsp3) is 0.417. The molecule has 2 aromatic rings. The molecule has 4 heteroatoms. The molecule has 3 rings (SSSR count). The van der Waals surface area contributed by atoms with Crippen molar-refractivity contribution in [2.45, 2.75) is 25.8 Å². The van der Waals surface area contributed by atoms with Gasteiger partial charge in [0.1, 0.15) is 0 Å². The van der Waals surface area contributed by atoms with Crippen molar-refractivity contribution in [3.05, 3.63) is 23.2 Å². The van der Waals surface area contributed by atoms with E-state index in [9.17, 15) is 0 Å². The van der Waals surface area contributed by atoms with Crippen LogP contribution in [0.3, 0.4) is 0 Å². The molecule has 0 atom stereocenters. The standard InChI is InChI=1S/C12H14ClN3/c1-7-5-8(6-7)16-11-9(13)3-2-4-10(11)15-12(16)14/h2-4,7-8H,5-6H2,1H3,(H2,14,15). The Bertz CT molecular complexity index is 540. The molecule has 1 saturated carbocycles. The highest BCUT2D eigenvalue weighted by Crippen LogP contribution is 2.41. The molecule has 1 fully saturated rings. The zero-order chi connectivity index (χ0) is 11.3. The first-order valence-electron chi connectivity index (χ1n) is 5.58. The van der Waals surface area contributed by atoms with E-state index < -0.39 is 0 Å². The lowest BCUT2D eigenvalue weighted by atomic mass is 9.81. The fourth-order valence-electron chi connectivity index (χ4n) is 2.56. The van der Waals surface area contributed by atoms with E-state index in [4.69, 9.17) is 17.3 Å². The van der Waals surface area contributed by atoms with Crippen molar-refractivity contribution in [2.75, 3.05) is 5.73 Å². The number of halogens is 1. The summed E-state index contributed by atoms with van der Waals surface area (Å²) in [6, 6.07) is 6.23. The third kappa shape index (κ3) is 1.31. The number of hydrogen-bond donors (Lipinski definition) is 1. The fourth-order valence-corrected chi connectivity index (χ4v) is 2.83. The molecule has 0 spiro atoms. The molecule has 1 aliphatic rings. The Balaban J connectivity index is 2.19. The van der Waals surface area contributed by atoms with E-state index in [1.807, 2.05) is 18.2 Å². The van der Waals surface area contributed by atoms with Gasteiger partial charge < -0.3 is 10.3 Å². The van der Waals surface area contributed by atoms with Crippen molar-refractivity contribution in [3.63, 3.8) is 0 Å². The van der Waals surface area contributed by atoms with Gasteiger partial charge in [-0.15, -0.1) is 0 Å². The molecule has 0 amide bonds. The minimum atomic E-state index is 0.472. The Morgan fingerprint density at radius 2 is 2.19 bits per heavy atom. The largest absolute Gasteiger partial charge is 0.369 e. The number of rotatable bonds is 1. The number of nitrogens with zero attached hydrogens (tertiary/aromatic N) is 2. The van der Waals surface area contributed by atoms with Crippen LogP contribution in [-0.2, 0) is 0 Å². The monoisotopic (exact) mass is 235 g/mol. The quantitative estimate of drug-likeness (QED) is 0.825. The second-order valence-corrected chi connectivity index (χ2v) is 5.09. The number of imidazole rings is 1. The molecule has 84 valence electrons. The molecule has 16 heavy (non-hydrogen) atoms. The van der Waals surface area contributed by atoms with E-state index >= 15 is 0 Å². The molecule has 0 unspecified atom stereocenters. The maximum Gasteiger partial charge on any atom is 0.201 e. The Morgan fingerprint density at radius 3 is 2.88 bits per heavy atom. The van der Waals surface area contributed by atoms with Gasteiger partial charge in [0.15, 0.2) is 0 Å². The first kappa shape index (κ1) is 9.97. The van der Waals surface area contributed by atoms with Gasteiger partial charge in [-0.05, 0) is 30.9 Å². The van der Waals surface area contributed by atoms with Crippen LogP contribution in [0.1, 0.15) is 25.8 Å².